The molecule has 7 nitrogen and oxygen atoms in total. The lowest BCUT2D eigenvalue weighted by molar-refractivity contribution is 0.0634. The highest BCUT2D eigenvalue weighted by atomic mass is 32.2. The van der Waals surface area contributed by atoms with Crippen molar-refractivity contribution in [3.05, 3.63) is 59.7 Å². The van der Waals surface area contributed by atoms with E-state index in [0.29, 0.717) is 16.9 Å². The highest BCUT2D eigenvalue weighted by Crippen LogP contribution is 2.23. The van der Waals surface area contributed by atoms with Gasteiger partial charge in [-0.1, -0.05) is 19.1 Å². The van der Waals surface area contributed by atoms with E-state index in [1.807, 2.05) is 0 Å². The Morgan fingerprint density at radius 2 is 1.56 bits per heavy atom. The number of rotatable bonds is 7. The molecule has 0 aromatic heterocycles. The van der Waals surface area contributed by atoms with Crippen molar-refractivity contribution in [2.45, 2.75) is 11.8 Å². The maximum absolute atomic E-state index is 12.4. The van der Waals surface area contributed by atoms with Crippen LogP contribution in [0.2, 0.25) is 0 Å². The van der Waals surface area contributed by atoms with Crippen LogP contribution in [0.25, 0.3) is 0 Å². The number of hydrogen-bond acceptors (Lipinski definition) is 5. The highest BCUT2D eigenvalue weighted by molar-refractivity contribution is 7.89. The van der Waals surface area contributed by atoms with Crippen LogP contribution in [0, 0.1) is 5.92 Å². The first-order valence-corrected chi connectivity index (χ1v) is 9.90. The van der Waals surface area contributed by atoms with Crippen LogP contribution < -0.4 is 9.46 Å². The van der Waals surface area contributed by atoms with Gasteiger partial charge in [-0.3, -0.25) is 14.5 Å². The number of carbonyl (C=O) groups is 2. The maximum atomic E-state index is 12.4. The second kappa shape index (κ2) is 7.50. The minimum atomic E-state index is -3.69. The Labute approximate surface area is 158 Å². The van der Waals surface area contributed by atoms with Crippen LogP contribution >= 0.6 is 0 Å². The molecule has 0 bridgehead atoms. The molecule has 1 atom stereocenters. The summed E-state index contributed by atoms with van der Waals surface area (Å²) in [7, 11) is -2.19. The SMILES string of the molecule is COc1ccc(S(=O)(=O)NC[C@@H](C)CN2C(=O)c3ccccc3C2=O)cc1. The van der Waals surface area contributed by atoms with Gasteiger partial charge in [-0.15, -0.1) is 0 Å². The summed E-state index contributed by atoms with van der Waals surface area (Å²) in [6, 6.07) is 12.7. The van der Waals surface area contributed by atoms with Gasteiger partial charge in [-0.05, 0) is 42.3 Å². The molecule has 1 aliphatic heterocycles. The van der Waals surface area contributed by atoms with Crippen molar-refractivity contribution < 1.29 is 22.7 Å². The predicted molar refractivity (Wildman–Crippen MR) is 99.2 cm³/mol. The summed E-state index contributed by atoms with van der Waals surface area (Å²) in [6.45, 7) is 2.01. The lowest BCUT2D eigenvalue weighted by atomic mass is 10.1. The second-order valence-electron chi connectivity index (χ2n) is 6.40. The number of carbonyl (C=O) groups excluding carboxylic acids is 2. The van der Waals surface area contributed by atoms with E-state index in [1.165, 1.54) is 19.2 Å². The molecule has 0 fully saturated rings. The van der Waals surface area contributed by atoms with Crippen molar-refractivity contribution in [2.75, 3.05) is 20.2 Å². The number of ether oxygens (including phenoxy) is 1. The zero-order valence-corrected chi connectivity index (χ0v) is 15.8. The van der Waals surface area contributed by atoms with E-state index in [0.717, 1.165) is 4.90 Å². The largest absolute Gasteiger partial charge is 0.497 e. The third-order valence-corrected chi connectivity index (χ3v) is 5.80. The molecule has 0 unspecified atom stereocenters. The molecule has 2 aromatic carbocycles. The summed E-state index contributed by atoms with van der Waals surface area (Å²) in [5.41, 5.74) is 0.766. The van der Waals surface area contributed by atoms with Crippen molar-refractivity contribution in [1.29, 1.82) is 0 Å². The highest BCUT2D eigenvalue weighted by Gasteiger charge is 2.35. The molecule has 0 radical (unpaired) electrons. The number of amides is 2. The standard InChI is InChI=1S/C19H20N2O5S/c1-13(11-20-27(24,25)15-9-7-14(26-2)8-10-15)12-21-18(22)16-5-3-4-6-17(16)19(21)23/h3-10,13,20H,11-12H2,1-2H3/t13-/m1/s1. The van der Waals surface area contributed by atoms with Crippen LogP contribution in [0.3, 0.4) is 0 Å². The lowest BCUT2D eigenvalue weighted by Gasteiger charge is -2.19. The first-order chi connectivity index (χ1) is 12.8. The summed E-state index contributed by atoms with van der Waals surface area (Å²) >= 11 is 0. The molecule has 0 spiro atoms. The van der Waals surface area contributed by atoms with Crippen LogP contribution in [0.1, 0.15) is 27.6 Å². The molecule has 2 aromatic rings. The summed E-state index contributed by atoms with van der Waals surface area (Å²) in [5, 5.41) is 0. The fraction of sp³-hybridized carbons (Fsp3) is 0.263. The summed E-state index contributed by atoms with van der Waals surface area (Å²) < 4.78 is 32.3. The summed E-state index contributed by atoms with van der Waals surface area (Å²) in [6.07, 6.45) is 0. The van der Waals surface area contributed by atoms with E-state index in [9.17, 15) is 18.0 Å². The van der Waals surface area contributed by atoms with Gasteiger partial charge in [0.05, 0.1) is 23.1 Å². The van der Waals surface area contributed by atoms with Crippen LogP contribution in [0.4, 0.5) is 0 Å². The van der Waals surface area contributed by atoms with Crippen LogP contribution in [-0.4, -0.2) is 45.3 Å². The summed E-state index contributed by atoms with van der Waals surface area (Å²) in [5.74, 6) is -0.380. The number of imide groups is 1. The molecule has 1 N–H and O–H groups in total. The van der Waals surface area contributed by atoms with Crippen molar-refractivity contribution in [2.24, 2.45) is 5.92 Å². The minimum Gasteiger partial charge on any atom is -0.497 e. The number of methoxy groups -OCH3 is 1. The van der Waals surface area contributed by atoms with Gasteiger partial charge in [0.2, 0.25) is 10.0 Å². The Bertz CT molecular complexity index is 935. The molecular weight excluding hydrogens is 368 g/mol. The van der Waals surface area contributed by atoms with Gasteiger partial charge in [0.1, 0.15) is 5.75 Å². The number of fused-ring (bicyclic) bond motifs is 1. The third-order valence-electron chi connectivity index (χ3n) is 4.36. The molecule has 0 aliphatic carbocycles. The second-order valence-corrected chi connectivity index (χ2v) is 8.17. The van der Waals surface area contributed by atoms with Gasteiger partial charge in [-0.2, -0.15) is 0 Å². The number of nitrogens with zero attached hydrogens (tertiary/aromatic N) is 1. The van der Waals surface area contributed by atoms with E-state index in [4.69, 9.17) is 4.74 Å². The Hall–Kier alpha value is -2.71. The molecule has 1 heterocycles. The van der Waals surface area contributed by atoms with Crippen molar-refractivity contribution in [3.63, 3.8) is 0 Å². The van der Waals surface area contributed by atoms with E-state index in [2.05, 4.69) is 4.72 Å². The van der Waals surface area contributed by atoms with E-state index >= 15 is 0 Å². The monoisotopic (exact) mass is 388 g/mol. The first kappa shape index (κ1) is 19.1. The maximum Gasteiger partial charge on any atom is 0.261 e. The molecule has 0 saturated heterocycles. The molecule has 1 aliphatic rings. The van der Waals surface area contributed by atoms with Gasteiger partial charge < -0.3 is 4.74 Å². The molecule has 8 heteroatoms. The summed E-state index contributed by atoms with van der Waals surface area (Å²) in [4.78, 5) is 26.0. The quantitative estimate of drug-likeness (QED) is 0.732. The van der Waals surface area contributed by atoms with Gasteiger partial charge in [-0.25, -0.2) is 13.1 Å². The minimum absolute atomic E-state index is 0.0990. The predicted octanol–water partition coefficient (Wildman–Crippen LogP) is 1.91. The number of sulfonamides is 1. The van der Waals surface area contributed by atoms with Gasteiger partial charge in [0, 0.05) is 13.1 Å². The normalized spacial score (nSPS) is 15.0. The zero-order valence-electron chi connectivity index (χ0n) is 15.0. The Morgan fingerprint density at radius 3 is 2.07 bits per heavy atom. The van der Waals surface area contributed by atoms with Crippen LogP contribution in [0.15, 0.2) is 53.4 Å². The molecular formula is C19H20N2O5S. The van der Waals surface area contributed by atoms with E-state index < -0.39 is 10.0 Å². The average molecular weight is 388 g/mol. The number of nitrogens with one attached hydrogen (secondary N) is 1. The lowest BCUT2D eigenvalue weighted by Crippen LogP contribution is -2.38. The van der Waals surface area contributed by atoms with Gasteiger partial charge in [0.15, 0.2) is 0 Å². The van der Waals surface area contributed by atoms with Crippen molar-refractivity contribution >= 4 is 21.8 Å². The van der Waals surface area contributed by atoms with E-state index in [-0.39, 0.29) is 35.7 Å². The van der Waals surface area contributed by atoms with Crippen LogP contribution in [-0.2, 0) is 10.0 Å². The molecule has 3 rings (SSSR count). The molecule has 2 amide bonds. The van der Waals surface area contributed by atoms with Gasteiger partial charge >= 0.3 is 0 Å². The van der Waals surface area contributed by atoms with Crippen molar-refractivity contribution in [1.82, 2.24) is 9.62 Å². The Kier molecular flexibility index (Phi) is 5.29. The Balaban J connectivity index is 1.62. The fourth-order valence-corrected chi connectivity index (χ4v) is 4.04. The zero-order chi connectivity index (χ0) is 19.6. The van der Waals surface area contributed by atoms with Crippen LogP contribution in [0.5, 0.6) is 5.75 Å². The average Bonchev–Trinajstić information content (AvgIpc) is 2.92. The molecule has 27 heavy (non-hydrogen) atoms. The van der Waals surface area contributed by atoms with Crippen molar-refractivity contribution in [3.8, 4) is 5.75 Å². The molecule has 0 saturated carbocycles. The van der Waals surface area contributed by atoms with E-state index in [1.54, 1.807) is 43.3 Å². The smallest absolute Gasteiger partial charge is 0.261 e. The third kappa shape index (κ3) is 3.86. The van der Waals surface area contributed by atoms with Gasteiger partial charge in [0.25, 0.3) is 11.8 Å². The fourth-order valence-electron chi connectivity index (χ4n) is 2.87. The Morgan fingerprint density at radius 1 is 1.00 bits per heavy atom. The molecule has 142 valence electrons. The first-order valence-electron chi connectivity index (χ1n) is 8.42. The topological polar surface area (TPSA) is 92.8 Å². The number of hydrogen-bond donors (Lipinski definition) is 1. The number of benzene rings is 2.